The molecular formula is C14H16F3N3O2. The number of hydrogen-bond donors (Lipinski definition) is 2. The molecule has 3 heterocycles. The van der Waals surface area contributed by atoms with E-state index in [1.54, 1.807) is 0 Å². The second-order valence-corrected chi connectivity index (χ2v) is 5.71. The Bertz CT molecular complexity index is 559. The first-order valence-corrected chi connectivity index (χ1v) is 7.05. The first-order valence-electron chi connectivity index (χ1n) is 7.05. The summed E-state index contributed by atoms with van der Waals surface area (Å²) in [6, 6.07) is 2.20. The predicted molar refractivity (Wildman–Crippen MR) is 70.4 cm³/mol. The van der Waals surface area contributed by atoms with Gasteiger partial charge in [-0.15, -0.1) is 0 Å². The van der Waals surface area contributed by atoms with Crippen LogP contribution in [0, 0.1) is 5.92 Å². The molecule has 0 radical (unpaired) electrons. The summed E-state index contributed by atoms with van der Waals surface area (Å²) in [5, 5.41) is 2.70. The molecule has 8 heteroatoms. The summed E-state index contributed by atoms with van der Waals surface area (Å²) in [6.45, 7) is 0.0942. The maximum absolute atomic E-state index is 12.4. The van der Waals surface area contributed by atoms with Crippen LogP contribution in [0.1, 0.15) is 24.1 Å². The van der Waals surface area contributed by atoms with Gasteiger partial charge in [0.1, 0.15) is 0 Å². The normalized spacial score (nSPS) is 30.5. The number of aromatic nitrogens is 1. The number of halogens is 3. The van der Waals surface area contributed by atoms with Gasteiger partial charge in [0.15, 0.2) is 0 Å². The molecule has 2 fully saturated rings. The Kier molecular flexibility index (Phi) is 3.82. The van der Waals surface area contributed by atoms with E-state index < -0.39 is 11.7 Å². The summed E-state index contributed by atoms with van der Waals surface area (Å²) < 4.78 is 42.9. The second kappa shape index (κ2) is 5.51. The van der Waals surface area contributed by atoms with E-state index in [-0.39, 0.29) is 36.6 Å². The number of carbonyl (C=O) groups is 1. The van der Waals surface area contributed by atoms with E-state index in [9.17, 15) is 18.0 Å². The Hall–Kier alpha value is -1.67. The third kappa shape index (κ3) is 2.93. The number of amides is 1. The minimum absolute atomic E-state index is 0.00868. The molecule has 5 nitrogen and oxygen atoms in total. The molecule has 120 valence electrons. The number of fused-ring (bicyclic) bond motifs is 2. The van der Waals surface area contributed by atoms with Crippen LogP contribution in [0.15, 0.2) is 18.3 Å². The number of ether oxygens (including phenoxy) is 1. The predicted octanol–water partition coefficient (Wildman–Crippen LogP) is 1.22. The number of alkyl halides is 3. The monoisotopic (exact) mass is 315 g/mol. The lowest BCUT2D eigenvalue weighted by Gasteiger charge is -2.21. The fourth-order valence-electron chi connectivity index (χ4n) is 2.97. The first-order chi connectivity index (χ1) is 10.3. The van der Waals surface area contributed by atoms with Crippen LogP contribution in [-0.4, -0.2) is 29.1 Å². The van der Waals surface area contributed by atoms with Crippen molar-refractivity contribution in [3.63, 3.8) is 0 Å². The van der Waals surface area contributed by atoms with Gasteiger partial charge in [0, 0.05) is 12.2 Å². The second-order valence-electron chi connectivity index (χ2n) is 5.71. The quantitative estimate of drug-likeness (QED) is 0.879. The maximum atomic E-state index is 12.4. The first kappa shape index (κ1) is 15.2. The summed E-state index contributed by atoms with van der Waals surface area (Å²) in [6.07, 6.45) is -2.60. The molecule has 2 aliphatic rings. The van der Waals surface area contributed by atoms with Crippen LogP contribution in [0.4, 0.5) is 13.2 Å². The molecular weight excluding hydrogens is 299 g/mol. The molecule has 2 aliphatic heterocycles. The molecule has 4 atom stereocenters. The van der Waals surface area contributed by atoms with Crippen molar-refractivity contribution in [2.75, 3.05) is 0 Å². The van der Waals surface area contributed by atoms with Crippen molar-refractivity contribution in [1.82, 2.24) is 10.3 Å². The van der Waals surface area contributed by atoms with E-state index >= 15 is 0 Å². The van der Waals surface area contributed by atoms with Crippen LogP contribution in [0.3, 0.4) is 0 Å². The van der Waals surface area contributed by atoms with E-state index in [2.05, 4.69) is 10.3 Å². The molecule has 22 heavy (non-hydrogen) atoms. The van der Waals surface area contributed by atoms with Crippen LogP contribution in [0.25, 0.3) is 0 Å². The molecule has 4 unspecified atom stereocenters. The van der Waals surface area contributed by atoms with Crippen molar-refractivity contribution in [2.45, 2.75) is 43.8 Å². The minimum atomic E-state index is -4.41. The molecule has 0 spiro atoms. The van der Waals surface area contributed by atoms with E-state index in [1.165, 1.54) is 6.07 Å². The Labute approximate surface area is 125 Å². The van der Waals surface area contributed by atoms with Crippen molar-refractivity contribution >= 4 is 5.91 Å². The molecule has 1 aromatic rings. The lowest BCUT2D eigenvalue weighted by Crippen LogP contribution is -2.41. The SMILES string of the molecule is NC1CC2OC1CC2C(=O)NCc1ccc(C(F)(F)F)cn1. The largest absolute Gasteiger partial charge is 0.417 e. The highest BCUT2D eigenvalue weighted by atomic mass is 19.4. The Morgan fingerprint density at radius 2 is 2.14 bits per heavy atom. The Balaban J connectivity index is 1.54. The van der Waals surface area contributed by atoms with Crippen LogP contribution < -0.4 is 11.1 Å². The van der Waals surface area contributed by atoms with Gasteiger partial charge in [0.25, 0.3) is 0 Å². The van der Waals surface area contributed by atoms with Crippen molar-refractivity contribution in [1.29, 1.82) is 0 Å². The highest BCUT2D eigenvalue weighted by Gasteiger charge is 2.48. The average Bonchev–Trinajstić information content (AvgIpc) is 3.03. The zero-order valence-corrected chi connectivity index (χ0v) is 11.6. The van der Waals surface area contributed by atoms with Gasteiger partial charge in [0.2, 0.25) is 5.91 Å². The molecule has 0 saturated carbocycles. The number of carbonyl (C=O) groups excluding carboxylic acids is 1. The zero-order valence-electron chi connectivity index (χ0n) is 11.6. The maximum Gasteiger partial charge on any atom is 0.417 e. The van der Waals surface area contributed by atoms with Gasteiger partial charge in [-0.05, 0) is 25.0 Å². The van der Waals surface area contributed by atoms with Crippen molar-refractivity contribution in [3.05, 3.63) is 29.6 Å². The van der Waals surface area contributed by atoms with Gasteiger partial charge in [0.05, 0.1) is 35.9 Å². The summed E-state index contributed by atoms with van der Waals surface area (Å²) >= 11 is 0. The Morgan fingerprint density at radius 3 is 2.64 bits per heavy atom. The van der Waals surface area contributed by atoms with Crippen molar-refractivity contribution in [3.8, 4) is 0 Å². The lowest BCUT2D eigenvalue weighted by atomic mass is 9.86. The van der Waals surface area contributed by atoms with Gasteiger partial charge in [-0.1, -0.05) is 0 Å². The number of pyridine rings is 1. The fourth-order valence-corrected chi connectivity index (χ4v) is 2.97. The molecule has 0 aliphatic carbocycles. The third-order valence-corrected chi connectivity index (χ3v) is 4.20. The number of nitrogens with one attached hydrogen (secondary N) is 1. The van der Waals surface area contributed by atoms with E-state index in [4.69, 9.17) is 10.5 Å². The van der Waals surface area contributed by atoms with Crippen LogP contribution in [0.5, 0.6) is 0 Å². The number of hydrogen-bond acceptors (Lipinski definition) is 4. The molecule has 2 bridgehead atoms. The third-order valence-electron chi connectivity index (χ3n) is 4.20. The number of nitrogens with zero attached hydrogens (tertiary/aromatic N) is 1. The minimum Gasteiger partial charge on any atom is -0.372 e. The van der Waals surface area contributed by atoms with E-state index in [0.717, 1.165) is 12.3 Å². The van der Waals surface area contributed by atoms with Crippen molar-refractivity contribution < 1.29 is 22.7 Å². The van der Waals surface area contributed by atoms with Gasteiger partial charge in [-0.2, -0.15) is 13.2 Å². The summed E-state index contributed by atoms with van der Waals surface area (Å²) in [5.74, 6) is -0.402. The standard InChI is InChI=1S/C14H16F3N3O2/c15-14(16,17)7-1-2-8(19-5-7)6-20-13(21)9-3-12-10(18)4-11(9)22-12/h1-2,5,9-12H,3-4,6,18H2,(H,20,21). The topological polar surface area (TPSA) is 77.2 Å². The highest BCUT2D eigenvalue weighted by molar-refractivity contribution is 5.79. The number of nitrogens with two attached hydrogens (primary N) is 1. The van der Waals surface area contributed by atoms with Gasteiger partial charge < -0.3 is 15.8 Å². The van der Waals surface area contributed by atoms with Crippen LogP contribution in [0.2, 0.25) is 0 Å². The highest BCUT2D eigenvalue weighted by Crippen LogP contribution is 2.38. The average molecular weight is 315 g/mol. The molecule has 1 amide bonds. The molecule has 3 rings (SSSR count). The van der Waals surface area contributed by atoms with Gasteiger partial charge in [-0.3, -0.25) is 9.78 Å². The van der Waals surface area contributed by atoms with Crippen LogP contribution >= 0.6 is 0 Å². The molecule has 0 aromatic carbocycles. The summed E-state index contributed by atoms with van der Waals surface area (Å²) in [7, 11) is 0. The van der Waals surface area contributed by atoms with E-state index in [0.29, 0.717) is 18.5 Å². The van der Waals surface area contributed by atoms with Crippen molar-refractivity contribution in [2.24, 2.45) is 11.7 Å². The number of rotatable bonds is 3. The Morgan fingerprint density at radius 1 is 1.36 bits per heavy atom. The molecule has 1 aromatic heterocycles. The fraction of sp³-hybridized carbons (Fsp3) is 0.571. The lowest BCUT2D eigenvalue weighted by molar-refractivity contribution is -0.137. The van der Waals surface area contributed by atoms with Gasteiger partial charge >= 0.3 is 6.18 Å². The smallest absolute Gasteiger partial charge is 0.372 e. The molecule has 3 N–H and O–H groups in total. The molecule has 2 saturated heterocycles. The van der Waals surface area contributed by atoms with E-state index in [1.807, 2.05) is 0 Å². The summed E-state index contributed by atoms with van der Waals surface area (Å²) in [4.78, 5) is 15.8. The van der Waals surface area contributed by atoms with Gasteiger partial charge in [-0.25, -0.2) is 0 Å². The zero-order chi connectivity index (χ0) is 15.9. The van der Waals surface area contributed by atoms with Crippen LogP contribution in [-0.2, 0) is 22.3 Å². The summed E-state index contributed by atoms with van der Waals surface area (Å²) in [5.41, 5.74) is 5.41.